The highest BCUT2D eigenvalue weighted by Crippen LogP contribution is 2.13. The van der Waals surface area contributed by atoms with Crippen LogP contribution in [0.25, 0.3) is 0 Å². The minimum Gasteiger partial charge on any atom is -0.344 e. The Kier molecular flexibility index (Phi) is 5.71. The van der Waals surface area contributed by atoms with Gasteiger partial charge in [0.1, 0.15) is 6.04 Å². The van der Waals surface area contributed by atoms with E-state index >= 15 is 0 Å². The van der Waals surface area contributed by atoms with Crippen molar-refractivity contribution in [1.29, 1.82) is 0 Å². The number of nitrogens with one attached hydrogen (secondary N) is 1. The third-order valence-electron chi connectivity index (χ3n) is 5.33. The first-order chi connectivity index (χ1) is 11.6. The lowest BCUT2D eigenvalue weighted by Gasteiger charge is -2.36. The van der Waals surface area contributed by atoms with Crippen molar-refractivity contribution in [3.05, 3.63) is 0 Å². The van der Waals surface area contributed by atoms with E-state index in [0.29, 0.717) is 32.4 Å². The summed E-state index contributed by atoms with van der Waals surface area (Å²) in [4.78, 5) is 41.9. The van der Waals surface area contributed by atoms with Gasteiger partial charge in [-0.25, -0.2) is 0 Å². The second-order valence-electron chi connectivity index (χ2n) is 7.02. The molecule has 3 aliphatic heterocycles. The van der Waals surface area contributed by atoms with E-state index in [4.69, 9.17) is 0 Å². The molecule has 1 atom stereocenters. The Morgan fingerprint density at radius 2 is 1.67 bits per heavy atom. The first kappa shape index (κ1) is 17.2. The van der Waals surface area contributed by atoms with E-state index in [1.807, 2.05) is 9.80 Å². The number of piperazine rings is 1. The van der Waals surface area contributed by atoms with Crippen LogP contribution in [0.5, 0.6) is 0 Å². The minimum absolute atomic E-state index is 0.0248. The fraction of sp³-hybridized carbons (Fsp3) is 0.824. The highest BCUT2D eigenvalue weighted by molar-refractivity contribution is 5.90. The fourth-order valence-electron chi connectivity index (χ4n) is 3.77. The summed E-state index contributed by atoms with van der Waals surface area (Å²) in [5.74, 6) is 0.287. The molecule has 3 amide bonds. The Balaban J connectivity index is 1.36. The maximum Gasteiger partial charge on any atom is 0.245 e. The van der Waals surface area contributed by atoms with Gasteiger partial charge in [-0.2, -0.15) is 0 Å². The van der Waals surface area contributed by atoms with Crippen LogP contribution in [0.4, 0.5) is 0 Å². The molecule has 24 heavy (non-hydrogen) atoms. The van der Waals surface area contributed by atoms with Gasteiger partial charge in [0.2, 0.25) is 17.7 Å². The smallest absolute Gasteiger partial charge is 0.245 e. The summed E-state index contributed by atoms with van der Waals surface area (Å²) in [5.41, 5.74) is 0. The number of hydrogen-bond donors (Lipinski definition) is 1. The molecule has 0 bridgehead atoms. The summed E-state index contributed by atoms with van der Waals surface area (Å²) in [6.45, 7) is 5.57. The summed E-state index contributed by atoms with van der Waals surface area (Å²) in [7, 11) is 0. The van der Waals surface area contributed by atoms with Crippen molar-refractivity contribution in [3.63, 3.8) is 0 Å². The van der Waals surface area contributed by atoms with Gasteiger partial charge >= 0.3 is 0 Å². The zero-order valence-electron chi connectivity index (χ0n) is 14.3. The lowest BCUT2D eigenvalue weighted by Crippen LogP contribution is -2.53. The van der Waals surface area contributed by atoms with Crippen LogP contribution >= 0.6 is 0 Å². The molecule has 0 aromatic carbocycles. The first-order valence-electron chi connectivity index (χ1n) is 9.22. The lowest BCUT2D eigenvalue weighted by atomic mass is 10.1. The number of piperidine rings is 1. The van der Waals surface area contributed by atoms with Crippen molar-refractivity contribution in [2.75, 3.05) is 45.8 Å². The molecule has 0 spiro atoms. The summed E-state index contributed by atoms with van der Waals surface area (Å²) >= 11 is 0. The monoisotopic (exact) mass is 336 g/mol. The molecule has 0 aliphatic carbocycles. The predicted octanol–water partition coefficient (Wildman–Crippen LogP) is -0.188. The molecule has 0 saturated carbocycles. The minimum atomic E-state index is -0.329. The third kappa shape index (κ3) is 4.26. The number of carbonyl (C=O) groups is 3. The van der Waals surface area contributed by atoms with Crippen molar-refractivity contribution < 1.29 is 14.4 Å². The molecule has 0 aromatic heterocycles. The van der Waals surface area contributed by atoms with Gasteiger partial charge in [0.25, 0.3) is 0 Å². The number of amides is 3. The second-order valence-corrected chi connectivity index (χ2v) is 7.02. The van der Waals surface area contributed by atoms with E-state index in [1.54, 1.807) is 0 Å². The fourth-order valence-corrected chi connectivity index (χ4v) is 3.77. The van der Waals surface area contributed by atoms with Crippen LogP contribution in [0, 0.1) is 0 Å². The van der Waals surface area contributed by atoms with E-state index < -0.39 is 0 Å². The number of likely N-dealkylation sites (tertiary alicyclic amines) is 1. The van der Waals surface area contributed by atoms with Gasteiger partial charge in [0.15, 0.2) is 0 Å². The average Bonchev–Trinajstić information content (AvgIpc) is 3.06. The summed E-state index contributed by atoms with van der Waals surface area (Å²) < 4.78 is 0. The molecule has 7 heteroatoms. The third-order valence-corrected chi connectivity index (χ3v) is 5.33. The Hall–Kier alpha value is -1.63. The van der Waals surface area contributed by atoms with Gasteiger partial charge < -0.3 is 15.1 Å². The number of nitrogens with zero attached hydrogens (tertiary/aromatic N) is 3. The number of carbonyl (C=O) groups excluding carboxylic acids is 3. The molecule has 3 saturated heterocycles. The van der Waals surface area contributed by atoms with E-state index in [2.05, 4.69) is 10.2 Å². The lowest BCUT2D eigenvalue weighted by molar-refractivity contribution is -0.136. The van der Waals surface area contributed by atoms with Gasteiger partial charge in [0, 0.05) is 58.7 Å². The van der Waals surface area contributed by atoms with Gasteiger partial charge in [-0.05, 0) is 25.7 Å². The number of rotatable bonds is 4. The summed E-state index contributed by atoms with van der Waals surface area (Å²) in [6, 6.07) is -0.329. The molecule has 0 radical (unpaired) electrons. The quantitative estimate of drug-likeness (QED) is 0.772. The molecule has 1 N–H and O–H groups in total. The standard InChI is InChI=1S/C17H28N4O3/c22-15-5-4-14(18-15)17(24)21-12-10-19(11-13-21)9-6-16(23)20-7-2-1-3-8-20/h14H,1-13H2,(H,18,22). The Bertz CT molecular complexity index is 482. The van der Waals surface area contributed by atoms with Gasteiger partial charge in [-0.15, -0.1) is 0 Å². The van der Waals surface area contributed by atoms with Crippen LogP contribution in [0.3, 0.4) is 0 Å². The molecule has 3 fully saturated rings. The molecule has 7 nitrogen and oxygen atoms in total. The molecule has 3 heterocycles. The number of hydrogen-bond acceptors (Lipinski definition) is 4. The molecular formula is C17H28N4O3. The molecule has 1 unspecified atom stereocenters. The van der Waals surface area contributed by atoms with Crippen LogP contribution in [-0.2, 0) is 14.4 Å². The van der Waals surface area contributed by atoms with Crippen molar-refractivity contribution in [1.82, 2.24) is 20.0 Å². The van der Waals surface area contributed by atoms with Crippen molar-refractivity contribution in [2.45, 2.75) is 44.6 Å². The normalized spacial score (nSPS) is 25.7. The maximum absolute atomic E-state index is 12.4. The second kappa shape index (κ2) is 7.96. The Morgan fingerprint density at radius 1 is 0.958 bits per heavy atom. The summed E-state index contributed by atoms with van der Waals surface area (Å²) in [6.07, 6.45) is 5.14. The maximum atomic E-state index is 12.4. The van der Waals surface area contributed by atoms with Gasteiger partial charge in [-0.3, -0.25) is 19.3 Å². The Labute approximate surface area is 143 Å². The zero-order chi connectivity index (χ0) is 16.9. The summed E-state index contributed by atoms with van der Waals surface area (Å²) in [5, 5.41) is 2.74. The van der Waals surface area contributed by atoms with Crippen molar-refractivity contribution in [2.24, 2.45) is 0 Å². The largest absolute Gasteiger partial charge is 0.344 e. The topological polar surface area (TPSA) is 73.0 Å². The van der Waals surface area contributed by atoms with Crippen LogP contribution in [0.15, 0.2) is 0 Å². The zero-order valence-corrected chi connectivity index (χ0v) is 14.3. The van der Waals surface area contributed by atoms with E-state index in [1.165, 1.54) is 6.42 Å². The van der Waals surface area contributed by atoms with Gasteiger partial charge in [0.05, 0.1) is 0 Å². The average molecular weight is 336 g/mol. The van der Waals surface area contributed by atoms with Crippen molar-refractivity contribution in [3.8, 4) is 0 Å². The van der Waals surface area contributed by atoms with Crippen LogP contribution in [0.2, 0.25) is 0 Å². The molecule has 3 aliphatic rings. The van der Waals surface area contributed by atoms with Gasteiger partial charge in [-0.1, -0.05) is 0 Å². The Morgan fingerprint density at radius 3 is 2.29 bits per heavy atom. The van der Waals surface area contributed by atoms with Crippen LogP contribution in [-0.4, -0.2) is 84.3 Å². The highest BCUT2D eigenvalue weighted by Gasteiger charge is 2.32. The molecule has 134 valence electrons. The SMILES string of the molecule is O=C1CCC(C(=O)N2CCN(CCC(=O)N3CCCCC3)CC2)N1. The van der Waals surface area contributed by atoms with Crippen LogP contribution < -0.4 is 5.32 Å². The predicted molar refractivity (Wildman–Crippen MR) is 89.2 cm³/mol. The van der Waals surface area contributed by atoms with Crippen LogP contribution in [0.1, 0.15) is 38.5 Å². The van der Waals surface area contributed by atoms with Crippen molar-refractivity contribution >= 4 is 17.7 Å². The highest BCUT2D eigenvalue weighted by atomic mass is 16.2. The molecule has 0 aromatic rings. The van der Waals surface area contributed by atoms with E-state index in [9.17, 15) is 14.4 Å². The molecule has 3 rings (SSSR count). The first-order valence-corrected chi connectivity index (χ1v) is 9.22. The van der Waals surface area contributed by atoms with E-state index in [0.717, 1.165) is 45.6 Å². The molecular weight excluding hydrogens is 308 g/mol. The van der Waals surface area contributed by atoms with E-state index in [-0.39, 0.29) is 23.8 Å².